The first kappa shape index (κ1) is 19.9. The van der Waals surface area contributed by atoms with Crippen LogP contribution >= 0.6 is 11.8 Å². The monoisotopic (exact) mass is 416 g/mol. The minimum Gasteiger partial charge on any atom is -0.250 e. The Morgan fingerprint density at radius 3 is 2.39 bits per heavy atom. The molecule has 0 amide bonds. The minimum atomic E-state index is -3.49. The van der Waals surface area contributed by atoms with E-state index in [0.29, 0.717) is 16.7 Å². The number of pyridine rings is 1. The Labute approximate surface area is 172 Å². The highest BCUT2D eigenvalue weighted by Crippen LogP contribution is 2.38. The van der Waals surface area contributed by atoms with Gasteiger partial charge in [-0.2, -0.15) is 4.31 Å². The van der Waals surface area contributed by atoms with Crippen LogP contribution in [-0.4, -0.2) is 29.5 Å². The molecule has 2 aliphatic rings. The van der Waals surface area contributed by atoms with Gasteiger partial charge in [0.05, 0.1) is 16.0 Å². The second-order valence-corrected chi connectivity index (χ2v) is 11.1. The lowest BCUT2D eigenvalue weighted by molar-refractivity contribution is 0.396. The fraction of sp³-hybridized carbons (Fsp3) is 0.500. The molecule has 0 bridgehead atoms. The Kier molecular flexibility index (Phi) is 6.09. The van der Waals surface area contributed by atoms with Crippen LogP contribution in [0.25, 0.3) is 0 Å². The molecule has 6 heteroatoms. The summed E-state index contributed by atoms with van der Waals surface area (Å²) in [5.41, 5.74) is 2.06. The molecule has 0 radical (unpaired) electrons. The highest BCUT2D eigenvalue weighted by Gasteiger charge is 2.36. The molecule has 0 spiro atoms. The van der Waals surface area contributed by atoms with Crippen molar-refractivity contribution in [2.24, 2.45) is 0 Å². The van der Waals surface area contributed by atoms with Crippen LogP contribution in [0.4, 0.5) is 0 Å². The van der Waals surface area contributed by atoms with E-state index in [0.717, 1.165) is 29.0 Å². The summed E-state index contributed by atoms with van der Waals surface area (Å²) in [6.45, 7) is 2.53. The average molecular weight is 417 g/mol. The summed E-state index contributed by atoms with van der Waals surface area (Å²) in [6, 6.07) is 11.2. The minimum absolute atomic E-state index is 0.118. The lowest BCUT2D eigenvalue weighted by Crippen LogP contribution is -2.30. The number of sulfonamides is 1. The summed E-state index contributed by atoms with van der Waals surface area (Å²) in [7, 11) is -3.49. The van der Waals surface area contributed by atoms with Gasteiger partial charge in [0.2, 0.25) is 10.0 Å². The van der Waals surface area contributed by atoms with Gasteiger partial charge in [0.15, 0.2) is 0 Å². The third-order valence-corrected chi connectivity index (χ3v) is 9.02. The van der Waals surface area contributed by atoms with Gasteiger partial charge in [-0.25, -0.2) is 13.4 Å². The molecule has 1 aliphatic heterocycles. The maximum atomic E-state index is 13.2. The van der Waals surface area contributed by atoms with Crippen LogP contribution in [0.5, 0.6) is 0 Å². The Hall–Kier alpha value is -1.37. The largest absolute Gasteiger partial charge is 0.250 e. The van der Waals surface area contributed by atoms with E-state index in [1.807, 2.05) is 37.0 Å². The number of aryl methyl sites for hydroxylation is 1. The van der Waals surface area contributed by atoms with Crippen LogP contribution in [-0.2, 0) is 10.0 Å². The molecule has 150 valence electrons. The maximum Gasteiger partial charge on any atom is 0.243 e. The second kappa shape index (κ2) is 8.56. The van der Waals surface area contributed by atoms with Crippen molar-refractivity contribution in [3.63, 3.8) is 0 Å². The van der Waals surface area contributed by atoms with Gasteiger partial charge >= 0.3 is 0 Å². The topological polar surface area (TPSA) is 50.3 Å². The van der Waals surface area contributed by atoms with E-state index in [1.165, 1.54) is 32.1 Å². The third-order valence-electron chi connectivity index (χ3n) is 5.81. The Balaban J connectivity index is 1.50. The zero-order valence-corrected chi connectivity index (χ0v) is 18.0. The summed E-state index contributed by atoms with van der Waals surface area (Å²) in [5.74, 6) is 0. The lowest BCUT2D eigenvalue weighted by Gasteiger charge is -2.25. The third kappa shape index (κ3) is 4.29. The van der Waals surface area contributed by atoms with Crippen molar-refractivity contribution in [3.8, 4) is 0 Å². The van der Waals surface area contributed by atoms with E-state index >= 15 is 0 Å². The van der Waals surface area contributed by atoms with E-state index in [-0.39, 0.29) is 6.04 Å². The van der Waals surface area contributed by atoms with Crippen molar-refractivity contribution in [1.29, 1.82) is 0 Å². The first-order valence-electron chi connectivity index (χ1n) is 10.3. The summed E-state index contributed by atoms with van der Waals surface area (Å²) in [6.07, 6.45) is 10.2. The number of thioether (sulfide) groups is 1. The zero-order valence-electron chi connectivity index (χ0n) is 16.4. The molecule has 1 saturated carbocycles. The molecular weight excluding hydrogens is 388 g/mol. The van der Waals surface area contributed by atoms with Crippen molar-refractivity contribution >= 4 is 21.8 Å². The van der Waals surface area contributed by atoms with Gasteiger partial charge in [0.1, 0.15) is 0 Å². The Bertz CT molecular complexity index is 889. The van der Waals surface area contributed by atoms with E-state index in [2.05, 4.69) is 17.1 Å². The first-order valence-corrected chi connectivity index (χ1v) is 12.6. The highest BCUT2D eigenvalue weighted by atomic mass is 32.2. The summed E-state index contributed by atoms with van der Waals surface area (Å²) < 4.78 is 28.0. The van der Waals surface area contributed by atoms with E-state index in [1.54, 1.807) is 16.4 Å². The van der Waals surface area contributed by atoms with Crippen molar-refractivity contribution in [3.05, 3.63) is 53.7 Å². The van der Waals surface area contributed by atoms with Crippen LogP contribution in [0.3, 0.4) is 0 Å². The number of hydrogen-bond acceptors (Lipinski definition) is 4. The van der Waals surface area contributed by atoms with Crippen LogP contribution in [0.2, 0.25) is 0 Å². The van der Waals surface area contributed by atoms with E-state index in [4.69, 9.17) is 0 Å². The zero-order chi connectivity index (χ0) is 19.6. The van der Waals surface area contributed by atoms with Crippen molar-refractivity contribution < 1.29 is 8.42 Å². The lowest BCUT2D eigenvalue weighted by atomic mass is 10.0. The predicted molar refractivity (Wildman–Crippen MR) is 114 cm³/mol. The summed E-state index contributed by atoms with van der Waals surface area (Å²) in [4.78, 5) is 5.04. The molecule has 0 unspecified atom stereocenters. The van der Waals surface area contributed by atoms with Crippen molar-refractivity contribution in [2.45, 2.75) is 73.1 Å². The Morgan fingerprint density at radius 2 is 1.71 bits per heavy atom. The molecule has 1 aliphatic carbocycles. The van der Waals surface area contributed by atoms with Gasteiger partial charge in [-0.15, -0.1) is 11.8 Å². The van der Waals surface area contributed by atoms with E-state index < -0.39 is 10.0 Å². The number of aromatic nitrogens is 1. The van der Waals surface area contributed by atoms with Crippen LogP contribution < -0.4 is 0 Å². The SMILES string of the molecule is Cc1ccc(S(=O)(=O)N2CCC[C@H]2c2ccc(SC3CCCCC3)nc2)cc1. The molecule has 4 rings (SSSR count). The molecule has 1 aromatic carbocycles. The number of nitrogens with zero attached hydrogens (tertiary/aromatic N) is 2. The fourth-order valence-electron chi connectivity index (χ4n) is 4.22. The van der Waals surface area contributed by atoms with Crippen LogP contribution in [0.15, 0.2) is 52.5 Å². The van der Waals surface area contributed by atoms with Gasteiger partial charge < -0.3 is 0 Å². The highest BCUT2D eigenvalue weighted by molar-refractivity contribution is 7.99. The summed E-state index contributed by atoms with van der Waals surface area (Å²) >= 11 is 1.88. The smallest absolute Gasteiger partial charge is 0.243 e. The van der Waals surface area contributed by atoms with Crippen LogP contribution in [0, 0.1) is 6.92 Å². The summed E-state index contributed by atoms with van der Waals surface area (Å²) in [5, 5.41) is 1.73. The molecule has 2 fully saturated rings. The molecule has 1 saturated heterocycles. The second-order valence-electron chi connectivity index (χ2n) is 7.89. The number of benzene rings is 1. The van der Waals surface area contributed by atoms with Gasteiger partial charge in [-0.05, 0) is 56.4 Å². The molecule has 2 heterocycles. The predicted octanol–water partition coefficient (Wildman–Crippen LogP) is 5.34. The maximum absolute atomic E-state index is 13.2. The fourth-order valence-corrected chi connectivity index (χ4v) is 7.07. The number of hydrogen-bond donors (Lipinski definition) is 0. The van der Waals surface area contributed by atoms with Crippen molar-refractivity contribution in [1.82, 2.24) is 9.29 Å². The molecule has 2 aromatic rings. The molecule has 4 nitrogen and oxygen atoms in total. The number of rotatable bonds is 5. The van der Waals surface area contributed by atoms with E-state index in [9.17, 15) is 8.42 Å². The van der Waals surface area contributed by atoms with Gasteiger partial charge in [0.25, 0.3) is 0 Å². The van der Waals surface area contributed by atoms with Crippen LogP contribution in [0.1, 0.15) is 62.1 Å². The quantitative estimate of drug-likeness (QED) is 0.660. The van der Waals surface area contributed by atoms with Gasteiger partial charge in [0, 0.05) is 18.0 Å². The molecule has 1 atom stereocenters. The molecule has 0 N–H and O–H groups in total. The van der Waals surface area contributed by atoms with Crippen molar-refractivity contribution in [2.75, 3.05) is 6.54 Å². The first-order chi connectivity index (χ1) is 13.5. The average Bonchev–Trinajstić information content (AvgIpc) is 3.21. The van der Waals surface area contributed by atoms with Gasteiger partial charge in [-0.1, -0.05) is 43.0 Å². The molecule has 28 heavy (non-hydrogen) atoms. The van der Waals surface area contributed by atoms with Gasteiger partial charge in [-0.3, -0.25) is 0 Å². The molecular formula is C22H28N2O2S2. The standard InChI is InChI=1S/C22H28N2O2S2/c1-17-9-12-20(13-10-17)28(25,26)24-15-5-8-21(24)18-11-14-22(23-16-18)27-19-6-3-2-4-7-19/h9-14,16,19,21H,2-8,15H2,1H3/t21-/m0/s1. The molecule has 1 aromatic heterocycles. The Morgan fingerprint density at radius 1 is 0.964 bits per heavy atom. The normalized spacial score (nSPS) is 21.8.